The maximum absolute atomic E-state index is 12.2. The third-order valence-electron chi connectivity index (χ3n) is 3.91. The maximum Gasteiger partial charge on any atom is 0.311 e. The summed E-state index contributed by atoms with van der Waals surface area (Å²) in [5.41, 5.74) is 1.73. The molecule has 7 nitrogen and oxygen atoms in total. The molecular formula is C20H18N2O5. The van der Waals surface area contributed by atoms with E-state index in [-0.39, 0.29) is 6.42 Å². The molecule has 0 aromatic heterocycles. The highest BCUT2D eigenvalue weighted by molar-refractivity contribution is 5.95. The lowest BCUT2D eigenvalue weighted by Gasteiger charge is -2.19. The zero-order valence-electron chi connectivity index (χ0n) is 14.7. The quantitative estimate of drug-likeness (QED) is 0.816. The van der Waals surface area contributed by atoms with Crippen LogP contribution in [-0.4, -0.2) is 31.2 Å². The Bertz CT molecular complexity index is 886. The summed E-state index contributed by atoms with van der Waals surface area (Å²) in [5.74, 6) is 0.274. The highest BCUT2D eigenvalue weighted by atomic mass is 16.6. The zero-order chi connectivity index (χ0) is 19.2. The molecule has 1 heterocycles. The minimum atomic E-state index is -0.953. The van der Waals surface area contributed by atoms with Gasteiger partial charge in [0.15, 0.2) is 17.6 Å². The predicted octanol–water partition coefficient (Wildman–Crippen LogP) is 2.44. The van der Waals surface area contributed by atoms with Crippen LogP contribution in [-0.2, 0) is 20.7 Å². The van der Waals surface area contributed by atoms with E-state index in [9.17, 15) is 9.59 Å². The van der Waals surface area contributed by atoms with Crippen molar-refractivity contribution in [2.75, 3.05) is 18.5 Å². The number of rotatable bonds is 5. The number of nitrogens with zero attached hydrogens (tertiary/aromatic N) is 1. The average Bonchev–Trinajstić information content (AvgIpc) is 2.68. The van der Waals surface area contributed by atoms with Gasteiger partial charge in [0.1, 0.15) is 13.2 Å². The van der Waals surface area contributed by atoms with Gasteiger partial charge in [0.25, 0.3) is 5.91 Å². The normalized spacial score (nSPS) is 13.2. The second kappa shape index (κ2) is 8.23. The van der Waals surface area contributed by atoms with Gasteiger partial charge in [-0.05, 0) is 48.9 Å². The van der Waals surface area contributed by atoms with Crippen LogP contribution in [0.4, 0.5) is 5.69 Å². The third kappa shape index (κ3) is 4.76. The van der Waals surface area contributed by atoms with Gasteiger partial charge < -0.3 is 19.5 Å². The number of hydrogen-bond acceptors (Lipinski definition) is 6. The highest BCUT2D eigenvalue weighted by Crippen LogP contribution is 2.30. The Labute approximate surface area is 156 Å². The number of nitriles is 1. The smallest absolute Gasteiger partial charge is 0.311 e. The molecule has 0 unspecified atom stereocenters. The molecule has 0 aliphatic carbocycles. The minimum Gasteiger partial charge on any atom is -0.486 e. The topological polar surface area (TPSA) is 97.7 Å². The lowest BCUT2D eigenvalue weighted by molar-refractivity contribution is -0.152. The van der Waals surface area contributed by atoms with E-state index in [1.165, 1.54) is 6.92 Å². The molecule has 0 bridgehead atoms. The number of anilines is 1. The van der Waals surface area contributed by atoms with Crippen molar-refractivity contribution in [3.8, 4) is 17.6 Å². The number of ether oxygens (including phenoxy) is 3. The molecule has 0 fully saturated rings. The molecule has 1 aliphatic rings. The van der Waals surface area contributed by atoms with Crippen molar-refractivity contribution in [3.63, 3.8) is 0 Å². The van der Waals surface area contributed by atoms with Crippen LogP contribution in [0.3, 0.4) is 0 Å². The van der Waals surface area contributed by atoms with Crippen LogP contribution in [0.15, 0.2) is 42.5 Å². The van der Waals surface area contributed by atoms with Crippen LogP contribution >= 0.6 is 0 Å². The number of amides is 1. The first-order chi connectivity index (χ1) is 13.0. The van der Waals surface area contributed by atoms with Gasteiger partial charge in [0, 0.05) is 5.69 Å². The van der Waals surface area contributed by atoms with Gasteiger partial charge >= 0.3 is 5.97 Å². The van der Waals surface area contributed by atoms with Gasteiger partial charge in [-0.25, -0.2) is 0 Å². The SMILES string of the molecule is C[C@H](OC(=O)Cc1ccc2c(c1)OCCO2)C(=O)Nc1ccc(C#N)cc1. The summed E-state index contributed by atoms with van der Waals surface area (Å²) in [5, 5.41) is 11.4. The van der Waals surface area contributed by atoms with Crippen molar-refractivity contribution >= 4 is 17.6 Å². The number of esters is 1. The fourth-order valence-electron chi connectivity index (χ4n) is 2.53. The molecule has 0 saturated heterocycles. The molecule has 0 radical (unpaired) electrons. The van der Waals surface area contributed by atoms with E-state index in [0.717, 1.165) is 0 Å². The summed E-state index contributed by atoms with van der Waals surface area (Å²) in [6, 6.07) is 13.6. The number of carbonyl (C=O) groups excluding carboxylic acids is 2. The Hall–Kier alpha value is -3.53. The molecule has 138 valence electrons. The molecule has 1 atom stereocenters. The van der Waals surface area contributed by atoms with Crippen LogP contribution < -0.4 is 14.8 Å². The Morgan fingerprint density at radius 1 is 1.15 bits per heavy atom. The lowest BCUT2D eigenvalue weighted by atomic mass is 10.1. The Morgan fingerprint density at radius 3 is 2.56 bits per heavy atom. The maximum atomic E-state index is 12.2. The first-order valence-corrected chi connectivity index (χ1v) is 8.44. The molecule has 27 heavy (non-hydrogen) atoms. The van der Waals surface area contributed by atoms with E-state index in [2.05, 4.69) is 5.32 Å². The van der Waals surface area contributed by atoms with Crippen molar-refractivity contribution in [2.45, 2.75) is 19.4 Å². The van der Waals surface area contributed by atoms with Gasteiger partial charge in [-0.15, -0.1) is 0 Å². The van der Waals surface area contributed by atoms with Crippen LogP contribution in [0.2, 0.25) is 0 Å². The monoisotopic (exact) mass is 366 g/mol. The van der Waals surface area contributed by atoms with Crippen molar-refractivity contribution in [2.24, 2.45) is 0 Å². The Kier molecular flexibility index (Phi) is 5.57. The highest BCUT2D eigenvalue weighted by Gasteiger charge is 2.19. The van der Waals surface area contributed by atoms with E-state index in [4.69, 9.17) is 19.5 Å². The van der Waals surface area contributed by atoms with Crippen LogP contribution in [0, 0.1) is 11.3 Å². The average molecular weight is 366 g/mol. The van der Waals surface area contributed by atoms with Gasteiger partial charge in [-0.3, -0.25) is 9.59 Å². The fourth-order valence-corrected chi connectivity index (χ4v) is 2.53. The number of nitrogens with one attached hydrogen (secondary N) is 1. The number of fused-ring (bicyclic) bond motifs is 1. The van der Waals surface area contributed by atoms with Gasteiger partial charge in [-0.1, -0.05) is 6.07 Å². The van der Waals surface area contributed by atoms with Crippen molar-refractivity contribution in [3.05, 3.63) is 53.6 Å². The molecule has 3 rings (SSSR count). The van der Waals surface area contributed by atoms with E-state index in [1.807, 2.05) is 6.07 Å². The Morgan fingerprint density at radius 2 is 1.85 bits per heavy atom. The molecule has 2 aromatic rings. The summed E-state index contributed by atoms with van der Waals surface area (Å²) in [6.07, 6.45) is -0.934. The van der Waals surface area contributed by atoms with Gasteiger partial charge in [-0.2, -0.15) is 5.26 Å². The van der Waals surface area contributed by atoms with Gasteiger partial charge in [0.05, 0.1) is 18.1 Å². The first-order valence-electron chi connectivity index (χ1n) is 8.44. The fraction of sp³-hybridized carbons (Fsp3) is 0.250. The lowest BCUT2D eigenvalue weighted by Crippen LogP contribution is -2.30. The van der Waals surface area contributed by atoms with Crippen molar-refractivity contribution in [1.82, 2.24) is 0 Å². The van der Waals surface area contributed by atoms with Gasteiger partial charge in [0.2, 0.25) is 0 Å². The third-order valence-corrected chi connectivity index (χ3v) is 3.91. The second-order valence-electron chi connectivity index (χ2n) is 5.97. The summed E-state index contributed by atoms with van der Waals surface area (Å²) in [6.45, 7) is 2.47. The minimum absolute atomic E-state index is 0.0190. The van der Waals surface area contributed by atoms with Crippen molar-refractivity contribution in [1.29, 1.82) is 5.26 Å². The van der Waals surface area contributed by atoms with Crippen molar-refractivity contribution < 1.29 is 23.8 Å². The molecule has 7 heteroatoms. The second-order valence-corrected chi connectivity index (χ2v) is 5.97. The van der Waals surface area contributed by atoms with E-state index < -0.39 is 18.0 Å². The van der Waals surface area contributed by atoms with Crippen LogP contribution in [0.5, 0.6) is 11.5 Å². The number of benzene rings is 2. The number of carbonyl (C=O) groups is 2. The van der Waals surface area contributed by atoms with E-state index in [1.54, 1.807) is 42.5 Å². The largest absolute Gasteiger partial charge is 0.486 e. The zero-order valence-corrected chi connectivity index (χ0v) is 14.7. The molecular weight excluding hydrogens is 348 g/mol. The summed E-state index contributed by atoms with van der Waals surface area (Å²) in [7, 11) is 0. The molecule has 0 saturated carbocycles. The summed E-state index contributed by atoms with van der Waals surface area (Å²) < 4.78 is 16.1. The standard InChI is InChI=1S/C20H18N2O5/c1-13(20(24)22-16-5-2-14(12-21)3-6-16)27-19(23)11-15-4-7-17-18(10-15)26-9-8-25-17/h2-7,10,13H,8-9,11H2,1H3,(H,22,24)/t13-/m0/s1. The summed E-state index contributed by atoms with van der Waals surface area (Å²) >= 11 is 0. The first kappa shape index (κ1) is 18.3. The predicted molar refractivity (Wildman–Crippen MR) is 96.5 cm³/mol. The summed E-state index contributed by atoms with van der Waals surface area (Å²) in [4.78, 5) is 24.3. The van der Waals surface area contributed by atoms with Crippen LogP contribution in [0.1, 0.15) is 18.1 Å². The molecule has 2 aromatic carbocycles. The molecule has 0 spiro atoms. The molecule has 1 aliphatic heterocycles. The Balaban J connectivity index is 1.53. The molecule has 1 amide bonds. The molecule has 1 N–H and O–H groups in total. The van der Waals surface area contributed by atoms with E-state index in [0.29, 0.717) is 41.5 Å². The van der Waals surface area contributed by atoms with E-state index >= 15 is 0 Å². The van der Waals surface area contributed by atoms with Crippen LogP contribution in [0.25, 0.3) is 0 Å². The number of hydrogen-bond donors (Lipinski definition) is 1.